The smallest absolute Gasteiger partial charge is 0.331 e. The number of phenols is 1. The number of phenolic OH excluding ortho intramolecular Hbond substituents is 1. The standard InChI is InChI=1S/C15H19NO5/c1-9(10(2)15(19)20)14(18)16(3)8-11-5-6-12(17)13(7-11)21-4/h5-7,17H,8H2,1-4H3,(H,19,20). The number of hydrogen-bond donors (Lipinski definition) is 2. The fourth-order valence-corrected chi connectivity index (χ4v) is 1.77. The summed E-state index contributed by atoms with van der Waals surface area (Å²) in [5, 5.41) is 18.4. The van der Waals surface area contributed by atoms with Crippen LogP contribution in [0.15, 0.2) is 29.3 Å². The Morgan fingerprint density at radius 2 is 1.86 bits per heavy atom. The summed E-state index contributed by atoms with van der Waals surface area (Å²) in [6.07, 6.45) is 0. The molecule has 0 heterocycles. The number of amides is 1. The molecule has 0 saturated carbocycles. The lowest BCUT2D eigenvalue weighted by Gasteiger charge is -2.19. The molecule has 6 heteroatoms. The summed E-state index contributed by atoms with van der Waals surface area (Å²) in [5.41, 5.74) is 0.979. The van der Waals surface area contributed by atoms with Gasteiger partial charge in [0.25, 0.3) is 0 Å². The first-order chi connectivity index (χ1) is 9.77. The number of rotatable bonds is 5. The summed E-state index contributed by atoms with van der Waals surface area (Å²) >= 11 is 0. The van der Waals surface area contributed by atoms with Gasteiger partial charge in [0.2, 0.25) is 5.91 Å². The van der Waals surface area contributed by atoms with Crippen LogP contribution in [-0.4, -0.2) is 41.1 Å². The summed E-state index contributed by atoms with van der Waals surface area (Å²) in [6.45, 7) is 3.16. The molecule has 2 N–H and O–H groups in total. The molecule has 1 aromatic carbocycles. The zero-order chi connectivity index (χ0) is 16.2. The molecule has 0 unspecified atom stereocenters. The van der Waals surface area contributed by atoms with E-state index in [0.717, 1.165) is 5.56 Å². The van der Waals surface area contributed by atoms with Gasteiger partial charge in [-0.05, 0) is 31.5 Å². The van der Waals surface area contributed by atoms with Crippen molar-refractivity contribution in [2.75, 3.05) is 14.2 Å². The van der Waals surface area contributed by atoms with E-state index >= 15 is 0 Å². The van der Waals surface area contributed by atoms with Gasteiger partial charge in [0, 0.05) is 24.7 Å². The Morgan fingerprint density at radius 3 is 2.38 bits per heavy atom. The van der Waals surface area contributed by atoms with Gasteiger partial charge in [-0.2, -0.15) is 0 Å². The fraction of sp³-hybridized carbons (Fsp3) is 0.333. The molecule has 0 aliphatic heterocycles. The molecule has 6 nitrogen and oxygen atoms in total. The van der Waals surface area contributed by atoms with Gasteiger partial charge in [0.1, 0.15) is 0 Å². The fourth-order valence-electron chi connectivity index (χ4n) is 1.77. The number of carboxylic acid groups (broad SMARTS) is 1. The van der Waals surface area contributed by atoms with Crippen LogP contribution in [0.1, 0.15) is 19.4 Å². The number of likely N-dealkylation sites (N-methyl/N-ethyl adjacent to an activating group) is 1. The van der Waals surface area contributed by atoms with Gasteiger partial charge >= 0.3 is 5.97 Å². The lowest BCUT2D eigenvalue weighted by atomic mass is 10.1. The molecule has 0 saturated heterocycles. The van der Waals surface area contributed by atoms with E-state index in [0.29, 0.717) is 5.75 Å². The van der Waals surface area contributed by atoms with Gasteiger partial charge in [-0.3, -0.25) is 4.79 Å². The second-order valence-corrected chi connectivity index (χ2v) is 4.72. The van der Waals surface area contributed by atoms with E-state index in [1.165, 1.54) is 31.9 Å². The van der Waals surface area contributed by atoms with E-state index < -0.39 is 5.97 Å². The van der Waals surface area contributed by atoms with Crippen LogP contribution >= 0.6 is 0 Å². The molecule has 0 bridgehead atoms. The molecule has 21 heavy (non-hydrogen) atoms. The van der Waals surface area contributed by atoms with Crippen molar-refractivity contribution in [1.29, 1.82) is 0 Å². The number of hydrogen-bond acceptors (Lipinski definition) is 4. The number of ether oxygens (including phenoxy) is 1. The van der Waals surface area contributed by atoms with Crippen molar-refractivity contribution in [3.05, 3.63) is 34.9 Å². The van der Waals surface area contributed by atoms with Crippen molar-refractivity contribution < 1.29 is 24.5 Å². The number of methoxy groups -OCH3 is 1. The average molecular weight is 293 g/mol. The Morgan fingerprint density at radius 1 is 1.24 bits per heavy atom. The maximum Gasteiger partial charge on any atom is 0.331 e. The molecule has 0 fully saturated rings. The second-order valence-electron chi connectivity index (χ2n) is 4.72. The van der Waals surface area contributed by atoms with E-state index in [9.17, 15) is 14.7 Å². The third-order valence-corrected chi connectivity index (χ3v) is 3.21. The SMILES string of the molecule is COc1cc(CN(C)C(=O)C(C)=C(C)C(=O)O)ccc1O. The van der Waals surface area contributed by atoms with Gasteiger partial charge < -0.3 is 19.8 Å². The molecular weight excluding hydrogens is 274 g/mol. The first-order valence-corrected chi connectivity index (χ1v) is 6.30. The van der Waals surface area contributed by atoms with E-state index in [1.54, 1.807) is 19.2 Å². The minimum Gasteiger partial charge on any atom is -0.504 e. The average Bonchev–Trinajstić information content (AvgIpc) is 2.46. The number of aromatic hydroxyl groups is 1. The first-order valence-electron chi connectivity index (χ1n) is 6.30. The van der Waals surface area contributed by atoms with Crippen LogP contribution in [0.3, 0.4) is 0 Å². The topological polar surface area (TPSA) is 87.1 Å². The summed E-state index contributed by atoms with van der Waals surface area (Å²) in [5.74, 6) is -1.13. The molecule has 1 rings (SSSR count). The predicted molar refractivity (Wildman–Crippen MR) is 77.1 cm³/mol. The lowest BCUT2D eigenvalue weighted by molar-refractivity contribution is -0.133. The van der Waals surface area contributed by atoms with Crippen molar-refractivity contribution in [2.45, 2.75) is 20.4 Å². The molecule has 1 aromatic rings. The largest absolute Gasteiger partial charge is 0.504 e. The molecule has 0 aliphatic rings. The number of benzene rings is 1. The van der Waals surface area contributed by atoms with Gasteiger partial charge in [0.15, 0.2) is 11.5 Å². The number of carbonyl (C=O) groups is 2. The highest BCUT2D eigenvalue weighted by Gasteiger charge is 2.17. The summed E-state index contributed by atoms with van der Waals surface area (Å²) < 4.78 is 5.00. The normalized spacial score (nSPS) is 11.6. The van der Waals surface area contributed by atoms with Gasteiger partial charge in [-0.25, -0.2) is 4.79 Å². The van der Waals surface area contributed by atoms with Crippen LogP contribution in [0.4, 0.5) is 0 Å². The van der Waals surface area contributed by atoms with Gasteiger partial charge in [0.05, 0.1) is 7.11 Å². The predicted octanol–water partition coefficient (Wildman–Crippen LogP) is 1.78. The molecule has 0 atom stereocenters. The van der Waals surface area contributed by atoms with E-state index in [-0.39, 0.29) is 29.3 Å². The first kappa shape index (κ1) is 16.6. The zero-order valence-electron chi connectivity index (χ0n) is 12.5. The van der Waals surface area contributed by atoms with Crippen molar-refractivity contribution in [3.63, 3.8) is 0 Å². The number of carbonyl (C=O) groups excluding carboxylic acids is 1. The highest BCUT2D eigenvalue weighted by molar-refractivity contribution is 6.01. The molecular formula is C15H19NO5. The molecule has 0 radical (unpaired) electrons. The Bertz CT molecular complexity index is 592. The minimum atomic E-state index is -1.11. The maximum atomic E-state index is 12.1. The molecule has 0 spiro atoms. The minimum absolute atomic E-state index is 0.0213. The molecule has 1 amide bonds. The highest BCUT2D eigenvalue weighted by atomic mass is 16.5. The molecule has 0 aliphatic carbocycles. The monoisotopic (exact) mass is 293 g/mol. The molecule has 0 aromatic heterocycles. The Kier molecular flexibility index (Phi) is 5.35. The second kappa shape index (κ2) is 6.78. The highest BCUT2D eigenvalue weighted by Crippen LogP contribution is 2.26. The lowest BCUT2D eigenvalue weighted by Crippen LogP contribution is -2.28. The van der Waals surface area contributed by atoms with Crippen molar-refractivity contribution in [2.24, 2.45) is 0 Å². The maximum absolute atomic E-state index is 12.1. The number of aliphatic carboxylic acids is 1. The van der Waals surface area contributed by atoms with Crippen molar-refractivity contribution in [1.82, 2.24) is 4.90 Å². The third-order valence-electron chi connectivity index (χ3n) is 3.21. The van der Waals surface area contributed by atoms with E-state index in [4.69, 9.17) is 9.84 Å². The van der Waals surface area contributed by atoms with Crippen LogP contribution in [0.2, 0.25) is 0 Å². The Labute approximate surface area is 123 Å². The number of nitrogens with zero attached hydrogens (tertiary/aromatic N) is 1. The van der Waals surface area contributed by atoms with Gasteiger partial charge in [-0.15, -0.1) is 0 Å². The van der Waals surface area contributed by atoms with E-state index in [1.807, 2.05) is 0 Å². The number of carboxylic acids is 1. The van der Waals surface area contributed by atoms with Crippen LogP contribution in [-0.2, 0) is 16.1 Å². The van der Waals surface area contributed by atoms with Crippen LogP contribution in [0, 0.1) is 0 Å². The molecule has 114 valence electrons. The van der Waals surface area contributed by atoms with Crippen LogP contribution in [0.5, 0.6) is 11.5 Å². The Balaban J connectivity index is 2.91. The zero-order valence-corrected chi connectivity index (χ0v) is 12.5. The summed E-state index contributed by atoms with van der Waals surface area (Å²) in [4.78, 5) is 24.4. The van der Waals surface area contributed by atoms with Crippen LogP contribution in [0.25, 0.3) is 0 Å². The van der Waals surface area contributed by atoms with Crippen LogP contribution < -0.4 is 4.74 Å². The third kappa shape index (κ3) is 3.98. The van der Waals surface area contributed by atoms with Crippen molar-refractivity contribution in [3.8, 4) is 11.5 Å². The quantitative estimate of drug-likeness (QED) is 0.808. The van der Waals surface area contributed by atoms with Crippen molar-refractivity contribution >= 4 is 11.9 Å². The summed E-state index contributed by atoms with van der Waals surface area (Å²) in [6, 6.07) is 4.78. The summed E-state index contributed by atoms with van der Waals surface area (Å²) in [7, 11) is 3.02. The van der Waals surface area contributed by atoms with E-state index in [2.05, 4.69) is 0 Å². The van der Waals surface area contributed by atoms with Gasteiger partial charge in [-0.1, -0.05) is 6.07 Å². The Hall–Kier alpha value is -2.50.